The smallest absolute Gasteiger partial charge is 0.410 e. The van der Waals surface area contributed by atoms with Crippen LogP contribution in [0.15, 0.2) is 15.9 Å². The van der Waals surface area contributed by atoms with Gasteiger partial charge in [-0.1, -0.05) is 0 Å². The molecule has 1 aliphatic heterocycles. The SMILES string of the molecule is CC(C)(C)OC(=O)N1CCC(CNCc2ccc(Br)s2)C1. The van der Waals surface area contributed by atoms with Gasteiger partial charge in [0.15, 0.2) is 0 Å². The lowest BCUT2D eigenvalue weighted by Gasteiger charge is -2.24. The van der Waals surface area contributed by atoms with Crippen molar-refractivity contribution in [3.8, 4) is 0 Å². The Morgan fingerprint density at radius 2 is 2.29 bits per heavy atom. The molecule has 21 heavy (non-hydrogen) atoms. The summed E-state index contributed by atoms with van der Waals surface area (Å²) >= 11 is 5.22. The lowest BCUT2D eigenvalue weighted by molar-refractivity contribution is 0.0288. The first kappa shape index (κ1) is 16.8. The van der Waals surface area contributed by atoms with Crippen LogP contribution in [0.25, 0.3) is 0 Å². The lowest BCUT2D eigenvalue weighted by atomic mass is 10.1. The van der Waals surface area contributed by atoms with Gasteiger partial charge in [0.25, 0.3) is 0 Å². The summed E-state index contributed by atoms with van der Waals surface area (Å²) in [6.07, 6.45) is 0.854. The molecule has 0 aliphatic carbocycles. The predicted molar refractivity (Wildman–Crippen MR) is 89.6 cm³/mol. The number of nitrogens with zero attached hydrogens (tertiary/aromatic N) is 1. The molecule has 4 nitrogen and oxygen atoms in total. The fraction of sp³-hybridized carbons (Fsp3) is 0.667. The zero-order valence-electron chi connectivity index (χ0n) is 12.8. The van der Waals surface area contributed by atoms with E-state index in [-0.39, 0.29) is 6.09 Å². The maximum absolute atomic E-state index is 12.0. The van der Waals surface area contributed by atoms with Crippen LogP contribution in [0.4, 0.5) is 4.79 Å². The number of ether oxygens (including phenoxy) is 1. The summed E-state index contributed by atoms with van der Waals surface area (Å²) in [5, 5.41) is 3.48. The van der Waals surface area contributed by atoms with Gasteiger partial charge in [-0.2, -0.15) is 0 Å². The molecule has 1 aromatic heterocycles. The molecule has 2 heterocycles. The van der Waals surface area contributed by atoms with Crippen LogP contribution in [0, 0.1) is 5.92 Å². The summed E-state index contributed by atoms with van der Waals surface area (Å²) < 4.78 is 6.57. The Balaban J connectivity index is 1.69. The molecule has 0 radical (unpaired) electrons. The molecule has 1 unspecified atom stereocenters. The average molecular weight is 375 g/mol. The number of carbonyl (C=O) groups excluding carboxylic acids is 1. The van der Waals surface area contributed by atoms with Gasteiger partial charge < -0.3 is 15.0 Å². The summed E-state index contributed by atoms with van der Waals surface area (Å²) in [5.41, 5.74) is -0.417. The van der Waals surface area contributed by atoms with Gasteiger partial charge in [0.2, 0.25) is 0 Å². The van der Waals surface area contributed by atoms with Gasteiger partial charge in [0.05, 0.1) is 3.79 Å². The van der Waals surface area contributed by atoms with Crippen LogP contribution < -0.4 is 5.32 Å². The topological polar surface area (TPSA) is 41.6 Å². The fourth-order valence-electron chi connectivity index (χ4n) is 2.34. The Morgan fingerprint density at radius 3 is 2.90 bits per heavy atom. The van der Waals surface area contributed by atoms with E-state index in [4.69, 9.17) is 4.74 Å². The minimum Gasteiger partial charge on any atom is -0.444 e. The van der Waals surface area contributed by atoms with Crippen LogP contribution in [-0.2, 0) is 11.3 Å². The molecule has 118 valence electrons. The zero-order chi connectivity index (χ0) is 15.5. The van der Waals surface area contributed by atoms with Crippen LogP contribution >= 0.6 is 27.3 Å². The quantitative estimate of drug-likeness (QED) is 0.869. The molecular weight excluding hydrogens is 352 g/mol. The Labute approximate surface area is 139 Å². The third-order valence-electron chi connectivity index (χ3n) is 3.30. The van der Waals surface area contributed by atoms with Gasteiger partial charge >= 0.3 is 6.09 Å². The molecule has 1 saturated heterocycles. The van der Waals surface area contributed by atoms with Crippen molar-refractivity contribution < 1.29 is 9.53 Å². The number of nitrogens with one attached hydrogen (secondary N) is 1. The minimum atomic E-state index is -0.417. The van der Waals surface area contributed by atoms with Crippen molar-refractivity contribution in [1.29, 1.82) is 0 Å². The molecule has 1 N–H and O–H groups in total. The van der Waals surface area contributed by atoms with E-state index in [0.717, 1.165) is 36.4 Å². The minimum absolute atomic E-state index is 0.188. The largest absolute Gasteiger partial charge is 0.444 e. The Bertz CT molecular complexity index is 484. The van der Waals surface area contributed by atoms with Crippen LogP contribution in [0.2, 0.25) is 0 Å². The fourth-order valence-corrected chi connectivity index (χ4v) is 3.79. The highest BCUT2D eigenvalue weighted by Crippen LogP contribution is 2.22. The molecule has 0 bridgehead atoms. The molecule has 1 atom stereocenters. The summed E-state index contributed by atoms with van der Waals surface area (Å²) in [6, 6.07) is 4.20. The van der Waals surface area contributed by atoms with E-state index in [1.54, 1.807) is 11.3 Å². The first-order valence-corrected chi connectivity index (χ1v) is 8.87. The van der Waals surface area contributed by atoms with Crippen molar-refractivity contribution in [2.24, 2.45) is 5.92 Å². The highest BCUT2D eigenvalue weighted by atomic mass is 79.9. The van der Waals surface area contributed by atoms with Crippen LogP contribution in [-0.4, -0.2) is 36.2 Å². The number of carbonyl (C=O) groups is 1. The van der Waals surface area contributed by atoms with Gasteiger partial charge in [-0.3, -0.25) is 0 Å². The standard InChI is InChI=1S/C15H23BrN2O2S/c1-15(2,3)20-14(19)18-7-6-11(10-18)8-17-9-12-4-5-13(16)21-12/h4-5,11,17H,6-10H2,1-3H3. The number of rotatable bonds is 4. The first-order valence-electron chi connectivity index (χ1n) is 7.26. The van der Waals surface area contributed by atoms with E-state index in [1.165, 1.54) is 4.88 Å². The van der Waals surface area contributed by atoms with Gasteiger partial charge in [-0.15, -0.1) is 11.3 Å². The normalized spacial score (nSPS) is 19.0. The molecule has 1 aliphatic rings. The van der Waals surface area contributed by atoms with Gasteiger partial charge in [0.1, 0.15) is 5.60 Å². The van der Waals surface area contributed by atoms with Crippen LogP contribution in [0.3, 0.4) is 0 Å². The number of hydrogen-bond donors (Lipinski definition) is 1. The number of halogens is 1. The second kappa shape index (κ2) is 7.11. The van der Waals surface area contributed by atoms with E-state index >= 15 is 0 Å². The number of hydrogen-bond acceptors (Lipinski definition) is 4. The summed E-state index contributed by atoms with van der Waals surface area (Å²) in [7, 11) is 0. The van der Waals surface area contributed by atoms with Crippen molar-refractivity contribution in [2.75, 3.05) is 19.6 Å². The maximum atomic E-state index is 12.0. The van der Waals surface area contributed by atoms with Gasteiger partial charge in [-0.05, 0) is 61.2 Å². The van der Waals surface area contributed by atoms with E-state index in [9.17, 15) is 4.79 Å². The Hall–Kier alpha value is -0.590. The maximum Gasteiger partial charge on any atom is 0.410 e. The van der Waals surface area contributed by atoms with Crippen molar-refractivity contribution in [2.45, 2.75) is 39.3 Å². The highest BCUT2D eigenvalue weighted by Gasteiger charge is 2.29. The second-order valence-electron chi connectivity index (χ2n) is 6.42. The number of likely N-dealkylation sites (tertiary alicyclic amines) is 1. The molecule has 6 heteroatoms. The van der Waals surface area contributed by atoms with E-state index in [2.05, 4.69) is 33.4 Å². The third kappa shape index (κ3) is 5.60. The molecule has 1 aromatic rings. The Morgan fingerprint density at radius 1 is 1.52 bits per heavy atom. The molecule has 0 spiro atoms. The summed E-state index contributed by atoms with van der Waals surface area (Å²) in [6.45, 7) is 9.12. The van der Waals surface area contributed by atoms with Crippen molar-refractivity contribution in [3.63, 3.8) is 0 Å². The van der Waals surface area contributed by atoms with Crippen LogP contribution in [0.5, 0.6) is 0 Å². The zero-order valence-corrected chi connectivity index (χ0v) is 15.2. The van der Waals surface area contributed by atoms with Crippen LogP contribution in [0.1, 0.15) is 32.1 Å². The van der Waals surface area contributed by atoms with Gasteiger partial charge in [-0.25, -0.2) is 4.79 Å². The molecule has 2 rings (SSSR count). The van der Waals surface area contributed by atoms with E-state index < -0.39 is 5.60 Å². The highest BCUT2D eigenvalue weighted by molar-refractivity contribution is 9.11. The van der Waals surface area contributed by atoms with Crippen molar-refractivity contribution >= 4 is 33.4 Å². The van der Waals surface area contributed by atoms with Crippen molar-refractivity contribution in [1.82, 2.24) is 10.2 Å². The second-order valence-corrected chi connectivity index (χ2v) is 8.97. The monoisotopic (exact) mass is 374 g/mol. The average Bonchev–Trinajstić information content (AvgIpc) is 2.97. The molecule has 1 amide bonds. The molecule has 0 aromatic carbocycles. The van der Waals surface area contributed by atoms with Gasteiger partial charge in [0, 0.05) is 31.1 Å². The lowest BCUT2D eigenvalue weighted by Crippen LogP contribution is -2.36. The number of amides is 1. The first-order chi connectivity index (χ1) is 9.83. The number of thiophene rings is 1. The Kier molecular flexibility index (Phi) is 5.68. The van der Waals surface area contributed by atoms with Crippen molar-refractivity contribution in [3.05, 3.63) is 20.8 Å². The van der Waals surface area contributed by atoms with E-state index in [0.29, 0.717) is 5.92 Å². The predicted octanol–water partition coefficient (Wildman–Crippen LogP) is 3.86. The summed E-state index contributed by atoms with van der Waals surface area (Å²) in [5.74, 6) is 0.515. The molecule has 0 saturated carbocycles. The van der Waals surface area contributed by atoms with E-state index in [1.807, 2.05) is 25.7 Å². The molecular formula is C15H23BrN2O2S. The molecule has 1 fully saturated rings. The summed E-state index contributed by atoms with van der Waals surface area (Å²) in [4.78, 5) is 15.1. The third-order valence-corrected chi connectivity index (χ3v) is 4.92.